The lowest BCUT2D eigenvalue weighted by atomic mass is 10.0. The largest absolute Gasteiger partial charge is 0.329 e. The number of nitrogens with zero attached hydrogens (tertiary/aromatic N) is 3. The average molecular weight is 230 g/mol. The van der Waals surface area contributed by atoms with Gasteiger partial charge in [-0.15, -0.1) is 0 Å². The van der Waals surface area contributed by atoms with Crippen molar-refractivity contribution < 1.29 is 4.79 Å². The predicted octanol–water partition coefficient (Wildman–Crippen LogP) is 1.45. The van der Waals surface area contributed by atoms with Gasteiger partial charge < -0.3 is 10.2 Å². The summed E-state index contributed by atoms with van der Waals surface area (Å²) in [4.78, 5) is 17.4. The molecule has 5 heteroatoms. The Bertz CT molecular complexity index is 463. The number of urea groups is 1. The van der Waals surface area contributed by atoms with E-state index in [-0.39, 0.29) is 12.1 Å². The van der Waals surface area contributed by atoms with Gasteiger partial charge >= 0.3 is 6.03 Å². The van der Waals surface area contributed by atoms with Crippen molar-refractivity contribution in [1.82, 2.24) is 15.2 Å². The third kappa shape index (κ3) is 2.07. The van der Waals surface area contributed by atoms with Gasteiger partial charge in [0.2, 0.25) is 0 Å². The lowest BCUT2D eigenvalue weighted by Gasteiger charge is -2.27. The van der Waals surface area contributed by atoms with Gasteiger partial charge in [0.1, 0.15) is 5.54 Å². The van der Waals surface area contributed by atoms with Crippen LogP contribution in [-0.2, 0) is 0 Å². The highest BCUT2D eigenvalue weighted by Gasteiger charge is 2.39. The second kappa shape index (κ2) is 4.06. The van der Waals surface area contributed by atoms with Crippen molar-refractivity contribution in [2.75, 3.05) is 6.54 Å². The molecule has 2 heterocycles. The maximum absolute atomic E-state index is 11.8. The predicted molar refractivity (Wildman–Crippen MR) is 61.9 cm³/mol. The molecule has 1 aliphatic heterocycles. The van der Waals surface area contributed by atoms with Gasteiger partial charge in [-0.3, -0.25) is 4.98 Å². The number of hydrogen-bond donors (Lipinski definition) is 1. The van der Waals surface area contributed by atoms with Crippen molar-refractivity contribution in [3.63, 3.8) is 0 Å². The summed E-state index contributed by atoms with van der Waals surface area (Å²) in [5.74, 6) is 0. The topological polar surface area (TPSA) is 69.0 Å². The van der Waals surface area contributed by atoms with Crippen molar-refractivity contribution in [2.24, 2.45) is 0 Å². The number of rotatable bonds is 2. The number of aromatic nitrogens is 1. The summed E-state index contributed by atoms with van der Waals surface area (Å²) in [6.07, 6.45) is 3.42. The molecule has 1 aromatic rings. The van der Waals surface area contributed by atoms with E-state index in [2.05, 4.69) is 16.4 Å². The van der Waals surface area contributed by atoms with Crippen LogP contribution in [0.1, 0.15) is 25.5 Å². The van der Waals surface area contributed by atoms with Gasteiger partial charge in [-0.25, -0.2) is 4.79 Å². The van der Waals surface area contributed by atoms with Crippen molar-refractivity contribution in [2.45, 2.75) is 25.4 Å². The Morgan fingerprint density at radius 3 is 3.00 bits per heavy atom. The number of amides is 2. The third-order valence-corrected chi connectivity index (χ3v) is 2.94. The fourth-order valence-electron chi connectivity index (χ4n) is 1.85. The van der Waals surface area contributed by atoms with Crippen LogP contribution in [0.4, 0.5) is 4.79 Å². The number of carbonyl (C=O) groups excluding carboxylic acids is 1. The maximum atomic E-state index is 11.8. The van der Waals surface area contributed by atoms with Crippen molar-refractivity contribution in [1.29, 1.82) is 5.26 Å². The van der Waals surface area contributed by atoms with Gasteiger partial charge in [0.25, 0.3) is 0 Å². The molecular formula is C12H14N4O. The van der Waals surface area contributed by atoms with E-state index in [1.807, 2.05) is 12.1 Å². The molecule has 5 nitrogen and oxygen atoms in total. The summed E-state index contributed by atoms with van der Waals surface area (Å²) in [6.45, 7) is 3.96. The average Bonchev–Trinajstić information content (AvgIpc) is 2.73. The SMILES string of the molecule is CC(C)(C#N)N1CC(c2cccnc2)NC1=O. The Labute approximate surface area is 100 Å². The fourth-order valence-corrected chi connectivity index (χ4v) is 1.85. The smallest absolute Gasteiger partial charge is 0.319 e. The van der Waals surface area contributed by atoms with Crippen molar-refractivity contribution >= 4 is 6.03 Å². The number of nitrogens with one attached hydrogen (secondary N) is 1. The second-order valence-corrected chi connectivity index (χ2v) is 4.57. The zero-order valence-electron chi connectivity index (χ0n) is 9.84. The summed E-state index contributed by atoms with van der Waals surface area (Å²) in [7, 11) is 0. The minimum atomic E-state index is -0.791. The molecule has 2 amide bonds. The molecule has 0 aliphatic carbocycles. The Balaban J connectivity index is 2.19. The summed E-state index contributed by atoms with van der Waals surface area (Å²) < 4.78 is 0. The van der Waals surface area contributed by atoms with Crippen molar-refractivity contribution in [3.05, 3.63) is 30.1 Å². The van der Waals surface area contributed by atoms with Crippen LogP contribution in [0.2, 0.25) is 0 Å². The fraction of sp³-hybridized carbons (Fsp3) is 0.417. The van der Waals surface area contributed by atoms with Gasteiger partial charge in [0.05, 0.1) is 12.1 Å². The number of hydrogen-bond acceptors (Lipinski definition) is 3. The maximum Gasteiger partial charge on any atom is 0.319 e. The molecule has 88 valence electrons. The van der Waals surface area contributed by atoms with Crippen LogP contribution in [0.15, 0.2) is 24.5 Å². The van der Waals surface area contributed by atoms with Crippen molar-refractivity contribution in [3.8, 4) is 6.07 Å². The quantitative estimate of drug-likeness (QED) is 0.836. The van der Waals surface area contributed by atoms with Gasteiger partial charge in [-0.1, -0.05) is 6.07 Å². The molecule has 1 aliphatic rings. The Hall–Kier alpha value is -2.09. The molecule has 2 rings (SSSR count). The number of pyridine rings is 1. The molecule has 1 N–H and O–H groups in total. The highest BCUT2D eigenvalue weighted by atomic mass is 16.2. The van der Waals surface area contributed by atoms with Crippen LogP contribution in [0.25, 0.3) is 0 Å². The first kappa shape index (κ1) is 11.4. The molecule has 0 saturated carbocycles. The summed E-state index contributed by atoms with van der Waals surface area (Å²) >= 11 is 0. The number of nitriles is 1. The highest BCUT2D eigenvalue weighted by Crippen LogP contribution is 2.25. The Morgan fingerprint density at radius 2 is 2.41 bits per heavy atom. The monoisotopic (exact) mass is 230 g/mol. The molecule has 1 atom stereocenters. The van der Waals surface area contributed by atoms with Crippen LogP contribution in [0.3, 0.4) is 0 Å². The lowest BCUT2D eigenvalue weighted by Crippen LogP contribution is -2.44. The molecule has 0 spiro atoms. The molecule has 0 radical (unpaired) electrons. The van der Waals surface area contributed by atoms with E-state index >= 15 is 0 Å². The van der Waals surface area contributed by atoms with Crippen LogP contribution in [-0.4, -0.2) is 28.0 Å². The highest BCUT2D eigenvalue weighted by molar-refractivity contribution is 5.78. The lowest BCUT2D eigenvalue weighted by molar-refractivity contribution is 0.186. The van der Waals surface area contributed by atoms with E-state index in [1.54, 1.807) is 31.1 Å². The van der Waals surface area contributed by atoms with Gasteiger partial charge in [0, 0.05) is 18.9 Å². The Kier molecular flexibility index (Phi) is 2.72. The molecule has 1 aromatic heterocycles. The zero-order valence-corrected chi connectivity index (χ0v) is 9.84. The standard InChI is InChI=1S/C12H14N4O/c1-12(2,8-13)16-7-10(15-11(16)17)9-4-3-5-14-6-9/h3-6,10H,7H2,1-2H3,(H,15,17). The van der Waals surface area contributed by atoms with E-state index in [4.69, 9.17) is 5.26 Å². The summed E-state index contributed by atoms with van der Waals surface area (Å²) in [6, 6.07) is 5.59. The normalized spacial score (nSPS) is 19.9. The molecule has 17 heavy (non-hydrogen) atoms. The van der Waals surface area contributed by atoms with E-state index in [1.165, 1.54) is 0 Å². The summed E-state index contributed by atoms with van der Waals surface area (Å²) in [5, 5.41) is 11.9. The zero-order chi connectivity index (χ0) is 12.5. The van der Waals surface area contributed by atoms with E-state index in [0.717, 1.165) is 5.56 Å². The number of carbonyl (C=O) groups is 1. The van der Waals surface area contributed by atoms with Crippen LogP contribution in [0.5, 0.6) is 0 Å². The molecular weight excluding hydrogens is 216 g/mol. The van der Waals surface area contributed by atoms with Gasteiger partial charge in [-0.05, 0) is 25.5 Å². The minimum Gasteiger partial charge on any atom is -0.329 e. The van der Waals surface area contributed by atoms with Gasteiger partial charge in [0.15, 0.2) is 0 Å². The van der Waals surface area contributed by atoms with Crippen LogP contribution < -0.4 is 5.32 Å². The first-order valence-electron chi connectivity index (χ1n) is 5.44. The third-order valence-electron chi connectivity index (χ3n) is 2.94. The summed E-state index contributed by atoms with van der Waals surface area (Å²) in [5.41, 5.74) is 0.165. The first-order valence-corrected chi connectivity index (χ1v) is 5.44. The molecule has 1 fully saturated rings. The van der Waals surface area contributed by atoms with Gasteiger partial charge in [-0.2, -0.15) is 5.26 Å². The molecule has 1 saturated heterocycles. The Morgan fingerprint density at radius 1 is 1.65 bits per heavy atom. The van der Waals surface area contributed by atoms with E-state index in [0.29, 0.717) is 6.54 Å². The van der Waals surface area contributed by atoms with Crippen LogP contribution in [0, 0.1) is 11.3 Å². The molecule has 1 unspecified atom stereocenters. The second-order valence-electron chi connectivity index (χ2n) is 4.57. The molecule has 0 bridgehead atoms. The molecule has 0 aromatic carbocycles. The van der Waals surface area contributed by atoms with E-state index in [9.17, 15) is 4.79 Å². The van der Waals surface area contributed by atoms with Crippen LogP contribution >= 0.6 is 0 Å². The first-order chi connectivity index (χ1) is 8.04. The van der Waals surface area contributed by atoms with E-state index < -0.39 is 5.54 Å². The minimum absolute atomic E-state index is 0.0937.